The highest BCUT2D eigenvalue weighted by Crippen LogP contribution is 2.32. The molecule has 1 fully saturated rings. The van der Waals surface area contributed by atoms with E-state index < -0.39 is 0 Å². The van der Waals surface area contributed by atoms with Crippen LogP contribution in [-0.4, -0.2) is 47.4 Å². The molecule has 0 saturated carbocycles. The lowest BCUT2D eigenvalue weighted by Gasteiger charge is -2.40. The summed E-state index contributed by atoms with van der Waals surface area (Å²) >= 11 is 0. The largest absolute Gasteiger partial charge is 0.355 e. The van der Waals surface area contributed by atoms with Crippen LogP contribution in [0.5, 0.6) is 0 Å². The Hall–Kier alpha value is -3.29. The van der Waals surface area contributed by atoms with Gasteiger partial charge in [-0.2, -0.15) is 4.68 Å². The Morgan fingerprint density at radius 1 is 0.931 bits per heavy atom. The first-order valence-corrected chi connectivity index (χ1v) is 10.00. The molecular weight excluding hydrogens is 364 g/mol. The van der Waals surface area contributed by atoms with E-state index in [4.69, 9.17) is 4.98 Å². The van der Waals surface area contributed by atoms with Crippen LogP contribution in [0.4, 0.5) is 5.82 Å². The average Bonchev–Trinajstić information content (AvgIpc) is 3.19. The zero-order valence-electron chi connectivity index (χ0n) is 17.2. The minimum Gasteiger partial charge on any atom is -0.355 e. The van der Waals surface area contributed by atoms with Crippen molar-refractivity contribution in [2.45, 2.75) is 40.2 Å². The van der Waals surface area contributed by atoms with E-state index in [1.165, 1.54) is 11.3 Å². The van der Waals surface area contributed by atoms with E-state index in [1.807, 2.05) is 32.9 Å². The second kappa shape index (κ2) is 6.65. The van der Waals surface area contributed by atoms with E-state index in [1.54, 1.807) is 4.68 Å². The summed E-state index contributed by atoms with van der Waals surface area (Å²) in [6.07, 6.45) is 0. The number of fused-ring (bicyclic) bond motifs is 1. The molecule has 1 aliphatic heterocycles. The van der Waals surface area contributed by atoms with E-state index in [0.717, 1.165) is 54.3 Å². The van der Waals surface area contributed by atoms with Gasteiger partial charge in [0.1, 0.15) is 29.1 Å². The molecule has 0 radical (unpaired) electrons. The fraction of sp³-hybridized carbons (Fsp3) is 0.381. The van der Waals surface area contributed by atoms with Crippen molar-refractivity contribution in [3.8, 4) is 5.82 Å². The summed E-state index contributed by atoms with van der Waals surface area (Å²) in [6, 6.07) is 10.3. The van der Waals surface area contributed by atoms with Gasteiger partial charge in [-0.1, -0.05) is 12.1 Å². The van der Waals surface area contributed by atoms with Gasteiger partial charge in [-0.25, -0.2) is 19.9 Å². The molecule has 0 N–H and O–H groups in total. The summed E-state index contributed by atoms with van der Waals surface area (Å²) in [5.41, 5.74) is 2.28. The molecule has 8 heteroatoms. The van der Waals surface area contributed by atoms with Gasteiger partial charge in [-0.15, -0.1) is 5.10 Å². The van der Waals surface area contributed by atoms with Crippen molar-refractivity contribution in [2.24, 2.45) is 0 Å². The lowest BCUT2D eigenvalue weighted by molar-refractivity contribution is 0.477. The van der Waals surface area contributed by atoms with Crippen LogP contribution in [0, 0.1) is 20.8 Å². The topological polar surface area (TPSA) is 77.5 Å². The molecule has 0 atom stereocenters. The maximum Gasteiger partial charge on any atom is 0.161 e. The number of hydrogen-bond donors (Lipinski definition) is 0. The highest BCUT2D eigenvalue weighted by Gasteiger charge is 2.33. The number of para-hydroxylation sites is 2. The number of imidazole rings is 1. The Balaban J connectivity index is 1.42. The molecule has 1 aromatic carbocycles. The van der Waals surface area contributed by atoms with Crippen LogP contribution >= 0.6 is 0 Å². The standard InChI is InChI=1S/C21H24N8/c1-5-28-18-9-7-6-8-17(18)25-21(28)16-11-27(12-16)19-10-20(24-13(2)23-19)29-15(4)22-14(3)26-29/h6-10,16H,5,11-12H2,1-4H3. The third-order valence-electron chi connectivity index (χ3n) is 5.47. The lowest BCUT2D eigenvalue weighted by Crippen LogP contribution is -2.46. The smallest absolute Gasteiger partial charge is 0.161 e. The molecule has 4 aromatic rings. The van der Waals surface area contributed by atoms with Gasteiger partial charge in [0.25, 0.3) is 0 Å². The van der Waals surface area contributed by atoms with E-state index in [9.17, 15) is 0 Å². The Kier molecular flexibility index (Phi) is 4.08. The normalized spacial score (nSPS) is 14.6. The highest BCUT2D eigenvalue weighted by molar-refractivity contribution is 5.76. The summed E-state index contributed by atoms with van der Waals surface area (Å²) in [6.45, 7) is 10.6. The molecule has 0 spiro atoms. The summed E-state index contributed by atoms with van der Waals surface area (Å²) in [7, 11) is 0. The van der Waals surface area contributed by atoms with Crippen molar-refractivity contribution in [3.63, 3.8) is 0 Å². The molecule has 5 rings (SSSR count). The van der Waals surface area contributed by atoms with Gasteiger partial charge in [-0.3, -0.25) is 0 Å². The quantitative estimate of drug-likeness (QED) is 0.535. The SMILES string of the molecule is CCn1c(C2CN(c3cc(-n4nc(C)nc4C)nc(C)n3)C2)nc2ccccc21. The second-order valence-corrected chi connectivity index (χ2v) is 7.55. The monoisotopic (exact) mass is 388 g/mol. The van der Waals surface area contributed by atoms with Gasteiger partial charge >= 0.3 is 0 Å². The summed E-state index contributed by atoms with van der Waals surface area (Å²) < 4.78 is 4.11. The van der Waals surface area contributed by atoms with Crippen molar-refractivity contribution in [2.75, 3.05) is 18.0 Å². The Bertz CT molecular complexity index is 1200. The number of anilines is 1. The minimum absolute atomic E-state index is 0.399. The maximum absolute atomic E-state index is 4.91. The maximum atomic E-state index is 4.91. The van der Waals surface area contributed by atoms with Crippen molar-refractivity contribution in [1.29, 1.82) is 0 Å². The van der Waals surface area contributed by atoms with Gasteiger partial charge in [0.15, 0.2) is 5.82 Å². The molecule has 8 nitrogen and oxygen atoms in total. The van der Waals surface area contributed by atoms with Gasteiger partial charge in [-0.05, 0) is 39.8 Å². The number of aromatic nitrogens is 7. The zero-order valence-corrected chi connectivity index (χ0v) is 17.2. The first-order valence-electron chi connectivity index (χ1n) is 10.00. The predicted octanol–water partition coefficient (Wildman–Crippen LogP) is 2.96. The second-order valence-electron chi connectivity index (χ2n) is 7.55. The molecule has 148 valence electrons. The van der Waals surface area contributed by atoms with Crippen LogP contribution in [0.2, 0.25) is 0 Å². The highest BCUT2D eigenvalue weighted by atomic mass is 15.4. The molecule has 0 bridgehead atoms. The first kappa shape index (κ1) is 17.8. The van der Waals surface area contributed by atoms with Crippen LogP contribution in [0.3, 0.4) is 0 Å². The third-order valence-corrected chi connectivity index (χ3v) is 5.47. The van der Waals surface area contributed by atoms with Gasteiger partial charge < -0.3 is 9.47 Å². The fourth-order valence-corrected chi connectivity index (χ4v) is 4.11. The summed E-state index contributed by atoms with van der Waals surface area (Å²) in [5.74, 6) is 5.54. The van der Waals surface area contributed by atoms with Crippen LogP contribution in [0.15, 0.2) is 30.3 Å². The predicted molar refractivity (Wildman–Crippen MR) is 112 cm³/mol. The van der Waals surface area contributed by atoms with E-state index >= 15 is 0 Å². The van der Waals surface area contributed by atoms with Crippen molar-refractivity contribution < 1.29 is 0 Å². The molecule has 1 aliphatic rings. The summed E-state index contributed by atoms with van der Waals surface area (Å²) in [5, 5.41) is 4.46. The molecule has 29 heavy (non-hydrogen) atoms. The molecule has 3 aromatic heterocycles. The van der Waals surface area contributed by atoms with Crippen molar-refractivity contribution in [1.82, 2.24) is 34.3 Å². The molecule has 0 aliphatic carbocycles. The molecule has 0 unspecified atom stereocenters. The average molecular weight is 388 g/mol. The third kappa shape index (κ3) is 2.95. The van der Waals surface area contributed by atoms with Crippen LogP contribution in [0.1, 0.15) is 36.1 Å². The van der Waals surface area contributed by atoms with E-state index in [-0.39, 0.29) is 0 Å². The Morgan fingerprint density at radius 2 is 1.69 bits per heavy atom. The lowest BCUT2D eigenvalue weighted by atomic mass is 9.99. The number of rotatable bonds is 4. The first-order chi connectivity index (χ1) is 14.0. The van der Waals surface area contributed by atoms with Crippen LogP contribution < -0.4 is 4.90 Å². The van der Waals surface area contributed by atoms with Crippen molar-refractivity contribution in [3.05, 3.63) is 53.6 Å². The molecule has 0 amide bonds. The number of hydrogen-bond acceptors (Lipinski definition) is 6. The van der Waals surface area contributed by atoms with Gasteiger partial charge in [0, 0.05) is 25.7 Å². The fourth-order valence-electron chi connectivity index (χ4n) is 4.11. The molecular formula is C21H24N8. The Labute approximate surface area is 169 Å². The summed E-state index contributed by atoms with van der Waals surface area (Å²) in [4.78, 5) is 20.8. The number of benzene rings is 1. The van der Waals surface area contributed by atoms with Crippen molar-refractivity contribution >= 4 is 16.9 Å². The molecule has 1 saturated heterocycles. The van der Waals surface area contributed by atoms with Gasteiger partial charge in [0.2, 0.25) is 0 Å². The van der Waals surface area contributed by atoms with E-state index in [0.29, 0.717) is 5.92 Å². The molecule has 4 heterocycles. The zero-order chi connectivity index (χ0) is 20.1. The van der Waals surface area contributed by atoms with Crippen LogP contribution in [-0.2, 0) is 6.54 Å². The van der Waals surface area contributed by atoms with Gasteiger partial charge in [0.05, 0.1) is 17.0 Å². The van der Waals surface area contributed by atoms with E-state index in [2.05, 4.69) is 54.6 Å². The van der Waals surface area contributed by atoms with Crippen LogP contribution in [0.25, 0.3) is 16.9 Å². The minimum atomic E-state index is 0.399. The Morgan fingerprint density at radius 3 is 2.41 bits per heavy atom. The number of aryl methyl sites for hydroxylation is 4. The number of nitrogens with zero attached hydrogens (tertiary/aromatic N) is 8.